The molecule has 0 aliphatic rings. The van der Waals surface area contributed by atoms with Gasteiger partial charge in [0, 0.05) is 31.2 Å². The van der Waals surface area contributed by atoms with Gasteiger partial charge >= 0.3 is 0 Å². The average Bonchev–Trinajstić information content (AvgIpc) is 2.68. The number of anilines is 1. The van der Waals surface area contributed by atoms with Gasteiger partial charge in [-0.05, 0) is 35.4 Å². The summed E-state index contributed by atoms with van der Waals surface area (Å²) in [6.07, 6.45) is 3.46. The zero-order valence-corrected chi connectivity index (χ0v) is 14.0. The number of nitrogens with zero attached hydrogens (tertiary/aromatic N) is 2. The predicted molar refractivity (Wildman–Crippen MR) is 100 cm³/mol. The summed E-state index contributed by atoms with van der Waals surface area (Å²) in [6, 6.07) is 24.0. The van der Waals surface area contributed by atoms with E-state index in [4.69, 9.17) is 0 Å². The molecule has 4 nitrogen and oxygen atoms in total. The molecule has 0 fully saturated rings. The maximum Gasteiger partial charge on any atom is 0.239 e. The van der Waals surface area contributed by atoms with E-state index < -0.39 is 0 Å². The lowest BCUT2D eigenvalue weighted by Crippen LogP contribution is -2.36. The lowest BCUT2D eigenvalue weighted by Gasteiger charge is -2.24. The molecule has 0 saturated heterocycles. The number of carbonyl (C=O) groups is 1. The van der Waals surface area contributed by atoms with Gasteiger partial charge in [0.05, 0.1) is 6.54 Å². The molecule has 4 heteroatoms. The summed E-state index contributed by atoms with van der Waals surface area (Å²) < 4.78 is 0. The summed E-state index contributed by atoms with van der Waals surface area (Å²) in [5.74, 6) is -0.00315. The van der Waals surface area contributed by atoms with E-state index >= 15 is 0 Å². The van der Waals surface area contributed by atoms with Crippen molar-refractivity contribution in [1.29, 1.82) is 0 Å². The molecule has 0 spiro atoms. The lowest BCUT2D eigenvalue weighted by molar-refractivity contribution is -0.119. The van der Waals surface area contributed by atoms with Crippen LogP contribution < -0.4 is 10.2 Å². The standard InChI is InChI=1S/C21H21N3O/c25-21(23-15-18-11-13-22-14-12-18)17-24(20-9-5-2-6-10-20)16-19-7-3-1-4-8-19/h1-14H,15-17H2,(H,23,25). The molecule has 0 radical (unpaired) electrons. The van der Waals surface area contributed by atoms with Gasteiger partial charge in [0.1, 0.15) is 0 Å². The molecule has 0 unspecified atom stereocenters. The van der Waals surface area contributed by atoms with E-state index in [0.29, 0.717) is 19.6 Å². The van der Waals surface area contributed by atoms with Gasteiger partial charge in [0.15, 0.2) is 0 Å². The van der Waals surface area contributed by atoms with Crippen molar-refractivity contribution in [3.63, 3.8) is 0 Å². The largest absolute Gasteiger partial charge is 0.358 e. The van der Waals surface area contributed by atoms with Gasteiger partial charge in [-0.1, -0.05) is 48.5 Å². The molecule has 3 rings (SSSR count). The van der Waals surface area contributed by atoms with Crippen LogP contribution in [0, 0.1) is 0 Å². The Labute approximate surface area is 148 Å². The fourth-order valence-corrected chi connectivity index (χ4v) is 2.61. The molecule has 2 aromatic carbocycles. The van der Waals surface area contributed by atoms with Gasteiger partial charge < -0.3 is 10.2 Å². The fourth-order valence-electron chi connectivity index (χ4n) is 2.61. The van der Waals surface area contributed by atoms with Crippen molar-refractivity contribution < 1.29 is 4.79 Å². The maximum atomic E-state index is 12.4. The average molecular weight is 331 g/mol. The summed E-state index contributed by atoms with van der Waals surface area (Å²) in [5.41, 5.74) is 3.25. The van der Waals surface area contributed by atoms with E-state index in [9.17, 15) is 4.79 Å². The number of nitrogens with one attached hydrogen (secondary N) is 1. The van der Waals surface area contributed by atoms with Crippen LogP contribution in [0.2, 0.25) is 0 Å². The molecule has 0 bridgehead atoms. The van der Waals surface area contributed by atoms with Gasteiger partial charge in [0.2, 0.25) is 5.91 Å². The second kappa shape index (κ2) is 8.64. The monoisotopic (exact) mass is 331 g/mol. The predicted octanol–water partition coefficient (Wildman–Crippen LogP) is 3.40. The number of rotatable bonds is 7. The maximum absolute atomic E-state index is 12.4. The van der Waals surface area contributed by atoms with Crippen molar-refractivity contribution in [2.45, 2.75) is 13.1 Å². The number of para-hydroxylation sites is 1. The summed E-state index contributed by atoms with van der Waals surface area (Å²) in [5, 5.41) is 2.98. The van der Waals surface area contributed by atoms with Crippen LogP contribution in [0.4, 0.5) is 5.69 Å². The number of hydrogen-bond acceptors (Lipinski definition) is 3. The van der Waals surface area contributed by atoms with Gasteiger partial charge in [-0.25, -0.2) is 0 Å². The number of pyridine rings is 1. The zero-order chi connectivity index (χ0) is 17.3. The molecule has 0 saturated carbocycles. The second-order valence-corrected chi connectivity index (χ2v) is 5.81. The minimum atomic E-state index is -0.00315. The van der Waals surface area contributed by atoms with Crippen LogP contribution >= 0.6 is 0 Å². The van der Waals surface area contributed by atoms with Crippen molar-refractivity contribution in [2.24, 2.45) is 0 Å². The highest BCUT2D eigenvalue weighted by Gasteiger charge is 2.12. The van der Waals surface area contributed by atoms with E-state index in [1.54, 1.807) is 12.4 Å². The summed E-state index contributed by atoms with van der Waals surface area (Å²) in [4.78, 5) is 18.5. The highest BCUT2D eigenvalue weighted by molar-refractivity contribution is 5.81. The third-order valence-corrected chi connectivity index (χ3v) is 3.91. The number of benzene rings is 2. The molecule has 1 aromatic heterocycles. The Balaban J connectivity index is 1.66. The van der Waals surface area contributed by atoms with E-state index in [1.165, 1.54) is 5.56 Å². The highest BCUT2D eigenvalue weighted by atomic mass is 16.2. The SMILES string of the molecule is O=C(CN(Cc1ccccc1)c1ccccc1)NCc1ccncc1. The Kier molecular flexibility index (Phi) is 5.77. The van der Waals surface area contributed by atoms with E-state index in [0.717, 1.165) is 11.3 Å². The number of carbonyl (C=O) groups excluding carboxylic acids is 1. The van der Waals surface area contributed by atoms with Crippen LogP contribution in [0.1, 0.15) is 11.1 Å². The first-order valence-corrected chi connectivity index (χ1v) is 8.31. The molecular weight excluding hydrogens is 310 g/mol. The fraction of sp³-hybridized carbons (Fsp3) is 0.143. The first-order valence-electron chi connectivity index (χ1n) is 8.31. The van der Waals surface area contributed by atoms with Gasteiger partial charge in [-0.3, -0.25) is 9.78 Å². The molecule has 126 valence electrons. The minimum Gasteiger partial charge on any atom is -0.358 e. The molecule has 0 atom stereocenters. The minimum absolute atomic E-state index is 0.00315. The molecule has 25 heavy (non-hydrogen) atoms. The first kappa shape index (κ1) is 16.7. The van der Waals surface area contributed by atoms with Crippen LogP contribution in [0.5, 0.6) is 0 Å². The van der Waals surface area contributed by atoms with Crippen molar-refractivity contribution >= 4 is 11.6 Å². The van der Waals surface area contributed by atoms with Gasteiger partial charge in [-0.15, -0.1) is 0 Å². The van der Waals surface area contributed by atoms with Crippen LogP contribution in [-0.2, 0) is 17.9 Å². The molecule has 1 heterocycles. The Morgan fingerprint density at radius 3 is 2.16 bits per heavy atom. The number of hydrogen-bond donors (Lipinski definition) is 1. The third-order valence-electron chi connectivity index (χ3n) is 3.91. The van der Waals surface area contributed by atoms with Crippen LogP contribution in [0.15, 0.2) is 85.2 Å². The summed E-state index contributed by atoms with van der Waals surface area (Å²) >= 11 is 0. The molecule has 1 amide bonds. The summed E-state index contributed by atoms with van der Waals surface area (Å²) in [6.45, 7) is 1.51. The Bertz CT molecular complexity index is 776. The van der Waals surface area contributed by atoms with Crippen LogP contribution in [0.3, 0.4) is 0 Å². The van der Waals surface area contributed by atoms with Crippen molar-refractivity contribution in [3.8, 4) is 0 Å². The van der Waals surface area contributed by atoms with E-state index in [-0.39, 0.29) is 5.91 Å². The zero-order valence-electron chi connectivity index (χ0n) is 14.0. The van der Waals surface area contributed by atoms with Gasteiger partial charge in [-0.2, -0.15) is 0 Å². The summed E-state index contributed by atoms with van der Waals surface area (Å²) in [7, 11) is 0. The first-order chi connectivity index (χ1) is 12.3. The van der Waals surface area contributed by atoms with Crippen molar-refractivity contribution in [2.75, 3.05) is 11.4 Å². The molecule has 0 aliphatic carbocycles. The normalized spacial score (nSPS) is 10.2. The Morgan fingerprint density at radius 1 is 0.840 bits per heavy atom. The van der Waals surface area contributed by atoms with Gasteiger partial charge in [0.25, 0.3) is 0 Å². The van der Waals surface area contributed by atoms with E-state index in [1.807, 2.05) is 60.7 Å². The second-order valence-electron chi connectivity index (χ2n) is 5.81. The number of amides is 1. The number of aromatic nitrogens is 1. The van der Waals surface area contributed by atoms with Crippen LogP contribution in [0.25, 0.3) is 0 Å². The molecule has 3 aromatic rings. The van der Waals surface area contributed by atoms with E-state index in [2.05, 4.69) is 27.3 Å². The van der Waals surface area contributed by atoms with Crippen molar-refractivity contribution in [1.82, 2.24) is 10.3 Å². The smallest absolute Gasteiger partial charge is 0.239 e. The molecule has 0 aliphatic heterocycles. The highest BCUT2D eigenvalue weighted by Crippen LogP contribution is 2.16. The Hall–Kier alpha value is -3.14. The topological polar surface area (TPSA) is 45.2 Å². The quantitative estimate of drug-likeness (QED) is 0.722. The molecular formula is C21H21N3O. The lowest BCUT2D eigenvalue weighted by atomic mass is 10.2. The molecule has 1 N–H and O–H groups in total. The Morgan fingerprint density at radius 2 is 1.48 bits per heavy atom. The van der Waals surface area contributed by atoms with Crippen LogP contribution in [-0.4, -0.2) is 17.4 Å². The third kappa shape index (κ3) is 5.18. The van der Waals surface area contributed by atoms with Crippen molar-refractivity contribution in [3.05, 3.63) is 96.3 Å².